The van der Waals surface area contributed by atoms with Crippen LogP contribution < -0.4 is 5.32 Å². The van der Waals surface area contributed by atoms with Gasteiger partial charge in [0.05, 0.1) is 0 Å². The third kappa shape index (κ3) is 2.13. The van der Waals surface area contributed by atoms with Crippen molar-refractivity contribution < 1.29 is 9.59 Å². The van der Waals surface area contributed by atoms with Gasteiger partial charge in [-0.2, -0.15) is 0 Å². The van der Waals surface area contributed by atoms with Gasteiger partial charge >= 0.3 is 0 Å². The molecule has 0 spiro atoms. The smallest absolute Gasteiger partial charge is 0.246 e. The number of amides is 2. The van der Waals surface area contributed by atoms with Gasteiger partial charge in [-0.25, -0.2) is 0 Å². The molecule has 0 aromatic heterocycles. The summed E-state index contributed by atoms with van der Waals surface area (Å²) in [7, 11) is 0. The summed E-state index contributed by atoms with van der Waals surface area (Å²) in [6.45, 7) is 5.67. The van der Waals surface area contributed by atoms with E-state index in [0.29, 0.717) is 6.42 Å². The second-order valence-electron chi connectivity index (χ2n) is 5.99. The molecular formula is C14H24N2O2. The summed E-state index contributed by atoms with van der Waals surface area (Å²) in [6, 6.07) is -0.0752. The van der Waals surface area contributed by atoms with Gasteiger partial charge < -0.3 is 10.2 Å². The Morgan fingerprint density at radius 1 is 1.22 bits per heavy atom. The lowest BCUT2D eigenvalue weighted by Gasteiger charge is -2.49. The fourth-order valence-corrected chi connectivity index (χ4v) is 3.20. The molecule has 2 aliphatic rings. The molecule has 1 aliphatic carbocycles. The Balaban J connectivity index is 2.26. The van der Waals surface area contributed by atoms with E-state index in [1.807, 2.05) is 25.7 Å². The third-order valence-corrected chi connectivity index (χ3v) is 4.35. The fourth-order valence-electron chi connectivity index (χ4n) is 3.20. The highest BCUT2D eigenvalue weighted by atomic mass is 16.2. The van der Waals surface area contributed by atoms with E-state index in [1.54, 1.807) is 0 Å². The number of hydrogen-bond acceptors (Lipinski definition) is 2. The van der Waals surface area contributed by atoms with E-state index in [1.165, 1.54) is 19.3 Å². The zero-order valence-electron chi connectivity index (χ0n) is 11.7. The minimum absolute atomic E-state index is 0.0143. The third-order valence-electron chi connectivity index (χ3n) is 4.35. The molecule has 1 saturated heterocycles. The maximum atomic E-state index is 12.5. The highest BCUT2D eigenvalue weighted by Crippen LogP contribution is 2.31. The highest BCUT2D eigenvalue weighted by molar-refractivity contribution is 5.99. The number of piperazine rings is 1. The molecule has 1 N–H and O–H groups in total. The maximum Gasteiger partial charge on any atom is 0.246 e. The molecule has 1 aliphatic heterocycles. The largest absolute Gasteiger partial charge is 0.342 e. The Morgan fingerprint density at radius 2 is 1.83 bits per heavy atom. The van der Waals surface area contributed by atoms with Crippen LogP contribution in [0.25, 0.3) is 0 Å². The van der Waals surface area contributed by atoms with E-state index in [2.05, 4.69) is 5.32 Å². The van der Waals surface area contributed by atoms with Gasteiger partial charge in [0.1, 0.15) is 11.6 Å². The molecule has 0 aromatic rings. The summed E-state index contributed by atoms with van der Waals surface area (Å²) in [5, 5.41) is 2.85. The second kappa shape index (κ2) is 4.90. The summed E-state index contributed by atoms with van der Waals surface area (Å²) >= 11 is 0. The molecular weight excluding hydrogens is 228 g/mol. The minimum atomic E-state index is -0.704. The fraction of sp³-hybridized carbons (Fsp3) is 0.857. The molecule has 0 bridgehead atoms. The van der Waals surface area contributed by atoms with Crippen LogP contribution in [0.2, 0.25) is 0 Å². The number of carbonyl (C=O) groups excluding carboxylic acids is 2. The zero-order valence-corrected chi connectivity index (χ0v) is 11.7. The van der Waals surface area contributed by atoms with Gasteiger partial charge in [-0.05, 0) is 33.1 Å². The molecule has 4 nitrogen and oxygen atoms in total. The molecule has 1 saturated carbocycles. The van der Waals surface area contributed by atoms with Crippen LogP contribution in [0.5, 0.6) is 0 Å². The number of rotatable bonds is 2. The summed E-state index contributed by atoms with van der Waals surface area (Å²) < 4.78 is 0. The summed E-state index contributed by atoms with van der Waals surface area (Å²) in [4.78, 5) is 26.6. The van der Waals surface area contributed by atoms with Crippen LogP contribution in [-0.4, -0.2) is 34.3 Å². The van der Waals surface area contributed by atoms with E-state index < -0.39 is 5.54 Å². The number of carbonyl (C=O) groups is 2. The van der Waals surface area contributed by atoms with E-state index in [0.717, 1.165) is 12.8 Å². The highest BCUT2D eigenvalue weighted by Gasteiger charge is 2.48. The average molecular weight is 252 g/mol. The molecule has 2 rings (SSSR count). The van der Waals surface area contributed by atoms with Crippen molar-refractivity contribution in [3.8, 4) is 0 Å². The minimum Gasteiger partial charge on any atom is -0.342 e. The van der Waals surface area contributed by atoms with Gasteiger partial charge in [-0.15, -0.1) is 0 Å². The van der Waals surface area contributed by atoms with Crippen LogP contribution in [0.3, 0.4) is 0 Å². The number of nitrogens with zero attached hydrogens (tertiary/aromatic N) is 1. The van der Waals surface area contributed by atoms with Crippen LogP contribution in [0.15, 0.2) is 0 Å². The van der Waals surface area contributed by atoms with E-state index in [-0.39, 0.29) is 23.9 Å². The number of hydrogen-bond donors (Lipinski definition) is 1. The molecule has 18 heavy (non-hydrogen) atoms. The lowest BCUT2D eigenvalue weighted by molar-refractivity contribution is -0.159. The first-order valence-corrected chi connectivity index (χ1v) is 7.12. The van der Waals surface area contributed by atoms with Gasteiger partial charge in [0.15, 0.2) is 0 Å². The Bertz CT molecular complexity index is 346. The molecule has 1 unspecified atom stereocenters. The average Bonchev–Trinajstić information content (AvgIpc) is 2.35. The lowest BCUT2D eigenvalue weighted by Crippen LogP contribution is -2.70. The molecule has 1 heterocycles. The predicted molar refractivity (Wildman–Crippen MR) is 70.0 cm³/mol. The van der Waals surface area contributed by atoms with Crippen LogP contribution in [0.1, 0.15) is 59.3 Å². The SMILES string of the molecule is CCC1NC(=O)C(C)(C)N(C2CCCCC2)C1=O. The first-order valence-electron chi connectivity index (χ1n) is 7.12. The van der Waals surface area contributed by atoms with Crippen LogP contribution in [-0.2, 0) is 9.59 Å². The van der Waals surface area contributed by atoms with Crippen LogP contribution in [0.4, 0.5) is 0 Å². The van der Waals surface area contributed by atoms with E-state index in [4.69, 9.17) is 0 Å². The zero-order chi connectivity index (χ0) is 13.3. The number of nitrogens with one attached hydrogen (secondary N) is 1. The molecule has 2 amide bonds. The summed E-state index contributed by atoms with van der Waals surface area (Å²) in [5.74, 6) is 0.0912. The Kier molecular flexibility index (Phi) is 3.64. The molecule has 1 atom stereocenters. The molecule has 0 aromatic carbocycles. The molecule has 4 heteroatoms. The normalized spacial score (nSPS) is 29.3. The van der Waals surface area contributed by atoms with E-state index >= 15 is 0 Å². The quantitative estimate of drug-likeness (QED) is 0.815. The van der Waals surface area contributed by atoms with Gasteiger partial charge in [0.2, 0.25) is 11.8 Å². The van der Waals surface area contributed by atoms with Crippen molar-refractivity contribution in [2.45, 2.75) is 76.9 Å². The summed E-state index contributed by atoms with van der Waals surface area (Å²) in [6.07, 6.45) is 6.34. The van der Waals surface area contributed by atoms with Crippen LogP contribution in [0, 0.1) is 0 Å². The van der Waals surface area contributed by atoms with Gasteiger partial charge in [-0.1, -0.05) is 26.2 Å². The van der Waals surface area contributed by atoms with Gasteiger partial charge in [0, 0.05) is 6.04 Å². The van der Waals surface area contributed by atoms with Gasteiger partial charge in [0.25, 0.3) is 0 Å². The van der Waals surface area contributed by atoms with Crippen molar-refractivity contribution >= 4 is 11.8 Å². The van der Waals surface area contributed by atoms with Crippen molar-refractivity contribution in [2.75, 3.05) is 0 Å². The molecule has 102 valence electrons. The van der Waals surface area contributed by atoms with Crippen LogP contribution >= 0.6 is 0 Å². The maximum absolute atomic E-state index is 12.5. The molecule has 2 fully saturated rings. The second-order valence-corrected chi connectivity index (χ2v) is 5.99. The van der Waals surface area contributed by atoms with Crippen molar-refractivity contribution in [3.05, 3.63) is 0 Å². The van der Waals surface area contributed by atoms with Crippen molar-refractivity contribution in [3.63, 3.8) is 0 Å². The monoisotopic (exact) mass is 252 g/mol. The standard InChI is InChI=1S/C14H24N2O2/c1-4-11-12(17)16(10-8-6-5-7-9-10)14(2,3)13(18)15-11/h10-11H,4-9H2,1-3H3,(H,15,18). The van der Waals surface area contributed by atoms with Crippen molar-refractivity contribution in [1.29, 1.82) is 0 Å². The van der Waals surface area contributed by atoms with Gasteiger partial charge in [-0.3, -0.25) is 9.59 Å². The predicted octanol–water partition coefficient (Wildman–Crippen LogP) is 1.83. The first-order chi connectivity index (χ1) is 8.48. The first kappa shape index (κ1) is 13.4. The molecule has 0 radical (unpaired) electrons. The summed E-state index contributed by atoms with van der Waals surface area (Å²) in [5.41, 5.74) is -0.704. The van der Waals surface area contributed by atoms with E-state index in [9.17, 15) is 9.59 Å². The topological polar surface area (TPSA) is 49.4 Å². The van der Waals surface area contributed by atoms with Crippen molar-refractivity contribution in [2.24, 2.45) is 0 Å². The Labute approximate surface area is 109 Å². The Hall–Kier alpha value is -1.06. The Morgan fingerprint density at radius 3 is 2.39 bits per heavy atom. The lowest BCUT2D eigenvalue weighted by atomic mass is 9.86. The van der Waals surface area contributed by atoms with Crippen molar-refractivity contribution in [1.82, 2.24) is 10.2 Å².